The van der Waals surface area contributed by atoms with Crippen LogP contribution < -0.4 is 5.32 Å². The zero-order chi connectivity index (χ0) is 19.2. The topological polar surface area (TPSA) is 59.1 Å². The number of Topliss-reactive ketones (excluding diaryl/α,β-unsaturated/α-hetero) is 1. The van der Waals surface area contributed by atoms with Crippen molar-refractivity contribution in [1.29, 1.82) is 0 Å². The molecule has 3 rings (SSSR count). The van der Waals surface area contributed by atoms with Crippen molar-refractivity contribution in [2.75, 3.05) is 6.54 Å². The summed E-state index contributed by atoms with van der Waals surface area (Å²) < 4.78 is 14.3. The highest BCUT2D eigenvalue weighted by molar-refractivity contribution is 7.18. The maximum atomic E-state index is 13.4. The van der Waals surface area contributed by atoms with E-state index in [1.807, 2.05) is 24.3 Å². The van der Waals surface area contributed by atoms with Gasteiger partial charge in [-0.15, -0.1) is 23.7 Å². The molecule has 0 atom stereocenters. The number of terminal acetylenes is 1. The van der Waals surface area contributed by atoms with Gasteiger partial charge in [-0.2, -0.15) is 0 Å². The van der Waals surface area contributed by atoms with Gasteiger partial charge in [-0.25, -0.2) is 9.37 Å². The van der Waals surface area contributed by atoms with Crippen molar-refractivity contribution in [2.45, 2.75) is 19.3 Å². The highest BCUT2D eigenvalue weighted by Crippen LogP contribution is 2.28. The molecule has 1 aromatic heterocycles. The molecule has 0 saturated carbocycles. The second-order valence-corrected chi connectivity index (χ2v) is 7.11. The molecule has 0 fully saturated rings. The van der Waals surface area contributed by atoms with Gasteiger partial charge in [0.25, 0.3) is 0 Å². The Hall–Kier alpha value is -3.04. The van der Waals surface area contributed by atoms with Crippen molar-refractivity contribution in [3.8, 4) is 23.5 Å². The molecule has 0 radical (unpaired) electrons. The lowest BCUT2D eigenvalue weighted by Gasteiger charge is -2.01. The number of amides is 1. The summed E-state index contributed by atoms with van der Waals surface area (Å²) in [5, 5.41) is 3.26. The normalized spacial score (nSPS) is 10.5. The van der Waals surface area contributed by atoms with Crippen LogP contribution in [0.4, 0.5) is 4.39 Å². The van der Waals surface area contributed by atoms with E-state index in [1.165, 1.54) is 23.5 Å². The summed E-state index contributed by atoms with van der Waals surface area (Å²) in [4.78, 5) is 28.0. The van der Waals surface area contributed by atoms with Crippen LogP contribution in [0.5, 0.6) is 0 Å². The minimum Gasteiger partial charge on any atom is -0.349 e. The third-order valence-electron chi connectivity index (χ3n) is 3.93. The number of ketones is 1. The number of rotatable bonds is 7. The van der Waals surface area contributed by atoms with E-state index in [0.717, 1.165) is 21.3 Å². The van der Waals surface area contributed by atoms with Gasteiger partial charge in [0.05, 0.1) is 23.2 Å². The molecule has 0 unspecified atom stereocenters. The van der Waals surface area contributed by atoms with Crippen LogP contribution in [-0.2, 0) is 16.0 Å². The Morgan fingerprint density at radius 1 is 1.19 bits per heavy atom. The highest BCUT2D eigenvalue weighted by Gasteiger charge is 2.11. The Morgan fingerprint density at radius 2 is 2.00 bits per heavy atom. The number of halogens is 1. The number of nitrogens with zero attached hydrogens (tertiary/aromatic N) is 1. The average Bonchev–Trinajstić information content (AvgIpc) is 3.06. The lowest BCUT2D eigenvalue weighted by atomic mass is 10.1. The van der Waals surface area contributed by atoms with E-state index in [1.54, 1.807) is 6.07 Å². The van der Waals surface area contributed by atoms with Crippen molar-refractivity contribution in [3.05, 3.63) is 53.3 Å². The van der Waals surface area contributed by atoms with Gasteiger partial charge in [-0.3, -0.25) is 9.59 Å². The van der Waals surface area contributed by atoms with E-state index < -0.39 is 0 Å². The molecule has 2 aromatic carbocycles. The minimum absolute atomic E-state index is 0.0187. The molecular formula is C21H17FN2O2S. The smallest absolute Gasteiger partial charge is 0.227 e. The average molecular weight is 380 g/mol. The third-order valence-corrected chi connectivity index (χ3v) is 4.95. The zero-order valence-electron chi connectivity index (χ0n) is 14.5. The van der Waals surface area contributed by atoms with E-state index in [9.17, 15) is 14.0 Å². The summed E-state index contributed by atoms with van der Waals surface area (Å²) >= 11 is 1.41. The molecule has 0 saturated heterocycles. The molecule has 3 aromatic rings. The number of thiazole rings is 1. The Labute approximate surface area is 160 Å². The van der Waals surface area contributed by atoms with E-state index >= 15 is 0 Å². The summed E-state index contributed by atoms with van der Waals surface area (Å²) in [6.45, 7) is -0.0187. The summed E-state index contributed by atoms with van der Waals surface area (Å²) in [5.41, 5.74) is 2.46. The number of carbonyl (C=O) groups excluding carboxylic acids is 2. The Bertz CT molecular complexity index is 1040. The SMILES string of the molecule is C#CCCC(=O)CNC(=O)Cc1nc2ccc(-c3cccc(F)c3)cc2s1. The zero-order valence-corrected chi connectivity index (χ0v) is 15.3. The summed E-state index contributed by atoms with van der Waals surface area (Å²) in [6.07, 6.45) is 5.86. The number of aromatic nitrogens is 1. The van der Waals surface area contributed by atoms with Crippen molar-refractivity contribution in [2.24, 2.45) is 0 Å². The van der Waals surface area contributed by atoms with Gasteiger partial charge < -0.3 is 5.32 Å². The molecule has 1 heterocycles. The van der Waals surface area contributed by atoms with Gasteiger partial charge in [0.2, 0.25) is 5.91 Å². The maximum Gasteiger partial charge on any atom is 0.227 e. The first-order valence-electron chi connectivity index (χ1n) is 8.42. The van der Waals surface area contributed by atoms with Crippen molar-refractivity contribution >= 4 is 33.2 Å². The number of fused-ring (bicyclic) bond motifs is 1. The van der Waals surface area contributed by atoms with E-state index in [2.05, 4.69) is 16.2 Å². The summed E-state index contributed by atoms with van der Waals surface area (Å²) in [6, 6.07) is 12.1. The van der Waals surface area contributed by atoms with E-state index in [4.69, 9.17) is 6.42 Å². The molecule has 0 aliphatic heterocycles. The predicted octanol–water partition coefficient (Wildman–Crippen LogP) is 3.74. The van der Waals surface area contributed by atoms with E-state index in [0.29, 0.717) is 11.4 Å². The van der Waals surface area contributed by atoms with Gasteiger partial charge in [0.1, 0.15) is 10.8 Å². The number of hydrogen-bond acceptors (Lipinski definition) is 4. The van der Waals surface area contributed by atoms with Crippen LogP contribution in [0.15, 0.2) is 42.5 Å². The molecular weight excluding hydrogens is 363 g/mol. The third kappa shape index (κ3) is 4.99. The van der Waals surface area contributed by atoms with Gasteiger partial charge in [0, 0.05) is 12.8 Å². The monoisotopic (exact) mass is 380 g/mol. The molecule has 136 valence electrons. The fourth-order valence-electron chi connectivity index (χ4n) is 2.59. The van der Waals surface area contributed by atoms with Gasteiger partial charge >= 0.3 is 0 Å². The Morgan fingerprint density at radius 3 is 2.78 bits per heavy atom. The lowest BCUT2D eigenvalue weighted by Crippen LogP contribution is -2.30. The molecule has 27 heavy (non-hydrogen) atoms. The molecule has 0 aliphatic rings. The molecule has 1 amide bonds. The first kappa shape index (κ1) is 18.7. The molecule has 4 nitrogen and oxygen atoms in total. The molecule has 6 heteroatoms. The fourth-order valence-corrected chi connectivity index (χ4v) is 3.60. The van der Waals surface area contributed by atoms with Crippen LogP contribution in [-0.4, -0.2) is 23.2 Å². The van der Waals surface area contributed by atoms with Crippen LogP contribution in [0.2, 0.25) is 0 Å². The Balaban J connectivity index is 1.67. The molecule has 0 spiro atoms. The second-order valence-electron chi connectivity index (χ2n) is 6.00. The molecule has 0 aliphatic carbocycles. The Kier molecular flexibility index (Phi) is 5.94. The van der Waals surface area contributed by atoms with Crippen molar-refractivity contribution in [1.82, 2.24) is 10.3 Å². The van der Waals surface area contributed by atoms with Crippen molar-refractivity contribution < 1.29 is 14.0 Å². The lowest BCUT2D eigenvalue weighted by molar-refractivity contribution is -0.124. The first-order valence-corrected chi connectivity index (χ1v) is 9.24. The first-order chi connectivity index (χ1) is 13.0. The second kappa shape index (κ2) is 8.56. The van der Waals surface area contributed by atoms with Crippen LogP contribution in [0.3, 0.4) is 0 Å². The summed E-state index contributed by atoms with van der Waals surface area (Å²) in [7, 11) is 0. The number of carbonyl (C=O) groups is 2. The van der Waals surface area contributed by atoms with Crippen molar-refractivity contribution in [3.63, 3.8) is 0 Å². The quantitative estimate of drug-likeness (QED) is 0.635. The number of hydrogen-bond donors (Lipinski definition) is 1. The van der Waals surface area contributed by atoms with Crippen LogP contribution >= 0.6 is 11.3 Å². The minimum atomic E-state index is -0.286. The van der Waals surface area contributed by atoms with Gasteiger partial charge in [-0.1, -0.05) is 18.2 Å². The number of benzene rings is 2. The van der Waals surface area contributed by atoms with Crippen LogP contribution in [0, 0.1) is 18.2 Å². The standard InChI is InChI=1S/C21H17FN2O2S/c1-2-3-7-17(25)13-23-20(26)12-21-24-18-9-8-15(11-19(18)27-21)14-5-4-6-16(22)10-14/h1,4-6,8-11H,3,7,12-13H2,(H,23,26). The summed E-state index contributed by atoms with van der Waals surface area (Å²) in [5.74, 6) is 1.76. The van der Waals surface area contributed by atoms with E-state index in [-0.39, 0.29) is 36.9 Å². The maximum absolute atomic E-state index is 13.4. The van der Waals surface area contributed by atoms with Gasteiger partial charge in [-0.05, 0) is 35.4 Å². The largest absolute Gasteiger partial charge is 0.349 e. The van der Waals surface area contributed by atoms with Gasteiger partial charge in [0.15, 0.2) is 5.78 Å². The fraction of sp³-hybridized carbons (Fsp3) is 0.190. The number of nitrogens with one attached hydrogen (secondary N) is 1. The van der Waals surface area contributed by atoms with Crippen LogP contribution in [0.25, 0.3) is 21.3 Å². The molecule has 0 bridgehead atoms. The molecule has 1 N–H and O–H groups in total. The predicted molar refractivity (Wildman–Crippen MR) is 105 cm³/mol. The van der Waals surface area contributed by atoms with Crippen LogP contribution in [0.1, 0.15) is 17.8 Å². The highest BCUT2D eigenvalue weighted by atomic mass is 32.1.